The number of anilines is 3. The fraction of sp³-hybridized carbons (Fsp3) is 0.0952. The third-order valence-electron chi connectivity index (χ3n) is 4.28. The second kappa shape index (κ2) is 8.68. The van der Waals surface area contributed by atoms with Gasteiger partial charge in [0.05, 0.1) is 4.92 Å². The number of benzene rings is 3. The molecule has 0 atom stereocenters. The summed E-state index contributed by atoms with van der Waals surface area (Å²) in [5.74, 6) is 0. The van der Waals surface area contributed by atoms with Crippen LogP contribution in [-0.2, 0) is 6.42 Å². The van der Waals surface area contributed by atoms with Crippen LogP contribution in [0.15, 0.2) is 78.9 Å². The van der Waals surface area contributed by atoms with Gasteiger partial charge in [0.25, 0.3) is 5.69 Å². The van der Waals surface area contributed by atoms with Crippen molar-refractivity contribution in [3.63, 3.8) is 0 Å². The van der Waals surface area contributed by atoms with E-state index < -0.39 is 11.0 Å². The molecule has 3 N–H and O–H groups in total. The van der Waals surface area contributed by atoms with E-state index in [0.29, 0.717) is 18.7 Å². The number of nitrogens with zero attached hydrogens (tertiary/aromatic N) is 2. The van der Waals surface area contributed by atoms with Crippen molar-refractivity contribution in [2.75, 3.05) is 16.8 Å². The molecule has 0 fully saturated rings. The zero-order valence-corrected chi connectivity index (χ0v) is 15.1. The van der Waals surface area contributed by atoms with Crippen LogP contribution in [0.4, 0.5) is 27.5 Å². The molecule has 2 amide bonds. The maximum absolute atomic E-state index is 11.9. The Balaban J connectivity index is 1.66. The van der Waals surface area contributed by atoms with Crippen molar-refractivity contribution in [3.8, 4) is 0 Å². The summed E-state index contributed by atoms with van der Waals surface area (Å²) in [6, 6.07) is 22.9. The summed E-state index contributed by atoms with van der Waals surface area (Å²) >= 11 is 0. The molecule has 0 saturated carbocycles. The molecule has 0 radical (unpaired) electrons. The highest BCUT2D eigenvalue weighted by Crippen LogP contribution is 2.22. The highest BCUT2D eigenvalue weighted by molar-refractivity contribution is 5.91. The van der Waals surface area contributed by atoms with E-state index in [0.717, 1.165) is 16.9 Å². The molecule has 3 aromatic carbocycles. The Morgan fingerprint density at radius 1 is 0.929 bits per heavy atom. The van der Waals surface area contributed by atoms with Crippen molar-refractivity contribution < 1.29 is 9.72 Å². The molecule has 0 unspecified atom stereocenters. The molecule has 0 aliphatic rings. The highest BCUT2D eigenvalue weighted by atomic mass is 16.6. The smallest absolute Gasteiger partial charge is 0.319 e. The third kappa shape index (κ3) is 4.85. The molecule has 7 nitrogen and oxygen atoms in total. The number of carbonyl (C=O) groups excluding carboxylic acids is 1. The lowest BCUT2D eigenvalue weighted by Gasteiger charge is -2.21. The van der Waals surface area contributed by atoms with Crippen LogP contribution in [0.5, 0.6) is 0 Å². The number of nitro benzene ring substituents is 1. The molecule has 0 spiro atoms. The zero-order valence-electron chi connectivity index (χ0n) is 15.1. The molecule has 142 valence electrons. The van der Waals surface area contributed by atoms with Gasteiger partial charge in [-0.2, -0.15) is 0 Å². The van der Waals surface area contributed by atoms with E-state index in [4.69, 9.17) is 5.73 Å². The van der Waals surface area contributed by atoms with Gasteiger partial charge in [0.1, 0.15) is 0 Å². The molecular formula is C21H20N4O3. The number of nitrogens with two attached hydrogens (primary N) is 1. The van der Waals surface area contributed by atoms with Crippen LogP contribution in [-0.4, -0.2) is 17.5 Å². The average Bonchev–Trinajstić information content (AvgIpc) is 2.70. The number of nitrogens with one attached hydrogen (secondary N) is 1. The van der Waals surface area contributed by atoms with Gasteiger partial charge < -0.3 is 11.1 Å². The maximum atomic E-state index is 11.9. The minimum Gasteiger partial charge on any atom is -0.356 e. The van der Waals surface area contributed by atoms with E-state index in [9.17, 15) is 14.9 Å². The fourth-order valence-corrected chi connectivity index (χ4v) is 2.80. The Hall–Kier alpha value is -3.87. The fourth-order valence-electron chi connectivity index (χ4n) is 2.80. The van der Waals surface area contributed by atoms with E-state index in [2.05, 4.69) is 5.32 Å². The molecule has 0 aliphatic carbocycles. The van der Waals surface area contributed by atoms with Crippen molar-refractivity contribution in [1.82, 2.24) is 0 Å². The van der Waals surface area contributed by atoms with Gasteiger partial charge in [0.2, 0.25) is 0 Å². The predicted molar refractivity (Wildman–Crippen MR) is 110 cm³/mol. The standard InChI is InChI=1S/C21H20N4O3/c22-21(26)24(15-14-16-6-10-20(11-7-16)25(27)28)19-12-8-18(9-13-19)23-17-4-2-1-3-5-17/h1-13,23H,14-15H2,(H2,22,26). The minimum atomic E-state index is -0.550. The number of amides is 2. The molecule has 0 bridgehead atoms. The first kappa shape index (κ1) is 18.9. The Kier molecular flexibility index (Phi) is 5.86. The van der Waals surface area contributed by atoms with Gasteiger partial charge in [-0.1, -0.05) is 30.3 Å². The number of non-ortho nitro benzene ring substituents is 1. The molecule has 3 aromatic rings. The lowest BCUT2D eigenvalue weighted by atomic mass is 10.1. The first-order chi connectivity index (χ1) is 13.5. The average molecular weight is 376 g/mol. The van der Waals surface area contributed by atoms with Crippen LogP contribution < -0.4 is 16.0 Å². The van der Waals surface area contributed by atoms with Crippen LogP contribution >= 0.6 is 0 Å². The quantitative estimate of drug-likeness (QED) is 0.469. The monoisotopic (exact) mass is 376 g/mol. The van der Waals surface area contributed by atoms with Crippen LogP contribution in [0, 0.1) is 10.1 Å². The second-order valence-corrected chi connectivity index (χ2v) is 6.20. The number of hydrogen-bond acceptors (Lipinski definition) is 4. The van der Waals surface area contributed by atoms with Gasteiger partial charge in [-0.05, 0) is 48.4 Å². The van der Waals surface area contributed by atoms with Crippen LogP contribution in [0.1, 0.15) is 5.56 Å². The van der Waals surface area contributed by atoms with Gasteiger partial charge in [-0.3, -0.25) is 15.0 Å². The molecular weight excluding hydrogens is 356 g/mol. The number of nitro groups is 1. The van der Waals surface area contributed by atoms with Gasteiger partial charge in [0, 0.05) is 35.7 Å². The number of primary amides is 1. The maximum Gasteiger partial charge on any atom is 0.319 e. The van der Waals surface area contributed by atoms with E-state index in [-0.39, 0.29) is 5.69 Å². The van der Waals surface area contributed by atoms with E-state index in [1.165, 1.54) is 17.0 Å². The van der Waals surface area contributed by atoms with Gasteiger partial charge in [-0.15, -0.1) is 0 Å². The molecule has 0 aliphatic heterocycles. The second-order valence-electron chi connectivity index (χ2n) is 6.20. The summed E-state index contributed by atoms with van der Waals surface area (Å²) in [6.45, 7) is 0.374. The van der Waals surface area contributed by atoms with Crippen molar-refractivity contribution in [1.29, 1.82) is 0 Å². The van der Waals surface area contributed by atoms with Gasteiger partial charge >= 0.3 is 6.03 Å². The lowest BCUT2D eigenvalue weighted by Crippen LogP contribution is -2.37. The number of rotatable bonds is 7. The first-order valence-electron chi connectivity index (χ1n) is 8.75. The summed E-state index contributed by atoms with van der Waals surface area (Å²) in [5.41, 5.74) is 9.03. The number of para-hydroxylation sites is 1. The van der Waals surface area contributed by atoms with Crippen molar-refractivity contribution in [3.05, 3.63) is 94.5 Å². The van der Waals surface area contributed by atoms with Crippen LogP contribution in [0.2, 0.25) is 0 Å². The van der Waals surface area contributed by atoms with E-state index >= 15 is 0 Å². The largest absolute Gasteiger partial charge is 0.356 e. The molecule has 0 saturated heterocycles. The Morgan fingerprint density at radius 2 is 1.54 bits per heavy atom. The Morgan fingerprint density at radius 3 is 2.11 bits per heavy atom. The van der Waals surface area contributed by atoms with Gasteiger partial charge in [0.15, 0.2) is 0 Å². The normalized spacial score (nSPS) is 10.3. The van der Waals surface area contributed by atoms with Crippen molar-refractivity contribution >= 4 is 28.8 Å². The first-order valence-corrected chi connectivity index (χ1v) is 8.75. The van der Waals surface area contributed by atoms with Crippen molar-refractivity contribution in [2.45, 2.75) is 6.42 Å². The summed E-state index contributed by atoms with van der Waals surface area (Å²) in [4.78, 5) is 23.7. The van der Waals surface area contributed by atoms with Crippen LogP contribution in [0.3, 0.4) is 0 Å². The molecule has 28 heavy (non-hydrogen) atoms. The zero-order chi connectivity index (χ0) is 19.9. The summed E-state index contributed by atoms with van der Waals surface area (Å²) in [6.07, 6.45) is 0.533. The molecule has 0 heterocycles. The Bertz CT molecular complexity index is 942. The summed E-state index contributed by atoms with van der Waals surface area (Å²) in [5, 5.41) is 14.0. The van der Waals surface area contributed by atoms with Crippen molar-refractivity contribution in [2.24, 2.45) is 5.73 Å². The number of carbonyl (C=O) groups is 1. The predicted octanol–water partition coefficient (Wildman–Crippen LogP) is 4.47. The third-order valence-corrected chi connectivity index (χ3v) is 4.28. The minimum absolute atomic E-state index is 0.0389. The highest BCUT2D eigenvalue weighted by Gasteiger charge is 2.13. The summed E-state index contributed by atoms with van der Waals surface area (Å²) < 4.78 is 0. The van der Waals surface area contributed by atoms with E-state index in [1.807, 2.05) is 54.6 Å². The topological polar surface area (TPSA) is 102 Å². The summed E-state index contributed by atoms with van der Waals surface area (Å²) in [7, 11) is 0. The lowest BCUT2D eigenvalue weighted by molar-refractivity contribution is -0.384. The number of hydrogen-bond donors (Lipinski definition) is 2. The molecule has 7 heteroatoms. The number of urea groups is 1. The van der Waals surface area contributed by atoms with Gasteiger partial charge in [-0.25, -0.2) is 4.79 Å². The van der Waals surface area contributed by atoms with Crippen LogP contribution in [0.25, 0.3) is 0 Å². The molecule has 3 rings (SSSR count). The SMILES string of the molecule is NC(=O)N(CCc1ccc([N+](=O)[O-])cc1)c1ccc(Nc2ccccc2)cc1. The van der Waals surface area contributed by atoms with E-state index in [1.54, 1.807) is 12.1 Å². The molecule has 0 aromatic heterocycles. The Labute approximate surface area is 162 Å².